The molecule has 0 saturated heterocycles. The number of rotatable bonds is 3. The highest BCUT2D eigenvalue weighted by atomic mass is 16.4. The summed E-state index contributed by atoms with van der Waals surface area (Å²) in [6, 6.07) is 0. The van der Waals surface area contributed by atoms with E-state index in [4.69, 9.17) is 5.11 Å². The topological polar surface area (TPSA) is 67.5 Å². The Morgan fingerprint density at radius 3 is 2.82 bits per heavy atom. The van der Waals surface area contributed by atoms with Crippen LogP contribution in [-0.4, -0.2) is 25.4 Å². The summed E-state index contributed by atoms with van der Waals surface area (Å²) in [6.07, 6.45) is 3.38. The third-order valence-electron chi connectivity index (χ3n) is 2.80. The third kappa shape index (κ3) is 2.00. The third-order valence-corrected chi connectivity index (χ3v) is 2.80. The minimum absolute atomic E-state index is 0.0315. The van der Waals surface area contributed by atoms with E-state index in [-0.39, 0.29) is 6.42 Å². The predicted octanol–water partition coefficient (Wildman–Crippen LogP) is 1.79. The summed E-state index contributed by atoms with van der Waals surface area (Å²) in [5.41, 5.74) is 3.29. The summed E-state index contributed by atoms with van der Waals surface area (Å²) in [5, 5.41) is 8.89. The van der Waals surface area contributed by atoms with E-state index in [1.807, 2.05) is 6.92 Å². The zero-order chi connectivity index (χ0) is 12.6. The number of aliphatic carboxylic acids is 1. The summed E-state index contributed by atoms with van der Waals surface area (Å²) >= 11 is 0. The predicted molar refractivity (Wildman–Crippen MR) is 63.2 cm³/mol. The molecule has 2 heterocycles. The zero-order valence-electron chi connectivity index (χ0n) is 10.1. The number of aromatic nitrogens is 3. The van der Waals surface area contributed by atoms with Crippen molar-refractivity contribution in [1.29, 1.82) is 0 Å². The number of aryl methyl sites for hydroxylation is 1. The Hall–Kier alpha value is -1.91. The molecule has 90 valence electrons. The highest BCUT2D eigenvalue weighted by Crippen LogP contribution is 2.21. The molecule has 1 N–H and O–H groups in total. The molecule has 0 aliphatic carbocycles. The lowest BCUT2D eigenvalue weighted by Gasteiger charge is -2.06. The standard InChI is InChI=1S/C12H15N3O2/c1-7(2)9-5-13-6-15-10(4-11(16)17)8(3)14-12(9)15/h5-7H,4H2,1-3H3,(H,16,17). The lowest BCUT2D eigenvalue weighted by atomic mass is 10.1. The minimum Gasteiger partial charge on any atom is -0.481 e. The fourth-order valence-corrected chi connectivity index (χ4v) is 1.91. The number of nitrogens with zero attached hydrogens (tertiary/aromatic N) is 3. The molecular formula is C12H15N3O2. The molecule has 0 spiro atoms. The Morgan fingerprint density at radius 1 is 1.53 bits per heavy atom. The molecule has 0 radical (unpaired) electrons. The number of carbonyl (C=O) groups is 1. The molecule has 0 fully saturated rings. The molecule has 2 aromatic rings. The Bertz CT molecular complexity index is 572. The quantitative estimate of drug-likeness (QED) is 0.877. The molecular weight excluding hydrogens is 218 g/mol. The lowest BCUT2D eigenvalue weighted by molar-refractivity contribution is -0.136. The number of carboxylic acids is 1. The van der Waals surface area contributed by atoms with Gasteiger partial charge in [-0.15, -0.1) is 0 Å². The average Bonchev–Trinajstić information content (AvgIpc) is 2.54. The van der Waals surface area contributed by atoms with Crippen molar-refractivity contribution >= 4 is 11.6 Å². The van der Waals surface area contributed by atoms with Gasteiger partial charge in [-0.3, -0.25) is 9.20 Å². The van der Waals surface area contributed by atoms with Gasteiger partial charge in [0, 0.05) is 11.8 Å². The summed E-state index contributed by atoms with van der Waals surface area (Å²) in [4.78, 5) is 19.4. The number of imidazole rings is 1. The fraction of sp³-hybridized carbons (Fsp3) is 0.417. The maximum absolute atomic E-state index is 10.8. The van der Waals surface area contributed by atoms with Crippen LogP contribution in [-0.2, 0) is 11.2 Å². The molecule has 0 amide bonds. The maximum Gasteiger partial charge on any atom is 0.309 e. The molecule has 0 aromatic carbocycles. The Balaban J connectivity index is 2.67. The van der Waals surface area contributed by atoms with Crippen LogP contribution in [0.4, 0.5) is 0 Å². The van der Waals surface area contributed by atoms with Crippen LogP contribution < -0.4 is 0 Å². The zero-order valence-corrected chi connectivity index (χ0v) is 10.1. The van der Waals surface area contributed by atoms with E-state index in [0.717, 1.165) is 16.9 Å². The number of hydrogen-bond acceptors (Lipinski definition) is 3. The second-order valence-corrected chi connectivity index (χ2v) is 4.41. The normalized spacial score (nSPS) is 11.3. The van der Waals surface area contributed by atoms with Gasteiger partial charge in [0.1, 0.15) is 12.0 Å². The Labute approximate surface area is 99.1 Å². The molecule has 0 saturated carbocycles. The second kappa shape index (κ2) is 4.16. The molecule has 0 aliphatic rings. The van der Waals surface area contributed by atoms with Gasteiger partial charge in [-0.1, -0.05) is 13.8 Å². The highest BCUT2D eigenvalue weighted by molar-refractivity contribution is 5.70. The molecule has 5 heteroatoms. The first-order valence-corrected chi connectivity index (χ1v) is 5.54. The van der Waals surface area contributed by atoms with Crippen LogP contribution in [0.25, 0.3) is 5.65 Å². The monoisotopic (exact) mass is 233 g/mol. The van der Waals surface area contributed by atoms with Gasteiger partial charge in [0.05, 0.1) is 17.8 Å². The largest absolute Gasteiger partial charge is 0.481 e. The van der Waals surface area contributed by atoms with Gasteiger partial charge in [-0.05, 0) is 12.8 Å². The van der Waals surface area contributed by atoms with Crippen molar-refractivity contribution in [2.75, 3.05) is 0 Å². The maximum atomic E-state index is 10.8. The van der Waals surface area contributed by atoms with Gasteiger partial charge >= 0.3 is 5.97 Å². The first kappa shape index (κ1) is 11.6. The first-order chi connectivity index (χ1) is 8.00. The van der Waals surface area contributed by atoms with Crippen LogP contribution in [0.3, 0.4) is 0 Å². The number of carboxylic acid groups (broad SMARTS) is 1. The van der Waals surface area contributed by atoms with E-state index in [1.165, 1.54) is 0 Å². The minimum atomic E-state index is -0.857. The summed E-state index contributed by atoms with van der Waals surface area (Å²) in [5.74, 6) is -0.546. The molecule has 0 bridgehead atoms. The van der Waals surface area contributed by atoms with E-state index >= 15 is 0 Å². The molecule has 0 aliphatic heterocycles. The Morgan fingerprint density at radius 2 is 2.24 bits per heavy atom. The molecule has 2 aromatic heterocycles. The molecule has 0 atom stereocenters. The summed E-state index contributed by atoms with van der Waals surface area (Å²) < 4.78 is 1.78. The fourth-order valence-electron chi connectivity index (χ4n) is 1.91. The van der Waals surface area contributed by atoms with E-state index in [1.54, 1.807) is 16.9 Å². The van der Waals surface area contributed by atoms with Crippen molar-refractivity contribution in [3.8, 4) is 0 Å². The summed E-state index contributed by atoms with van der Waals surface area (Å²) in [6.45, 7) is 5.96. The van der Waals surface area contributed by atoms with Crippen molar-refractivity contribution in [3.05, 3.63) is 29.5 Å². The van der Waals surface area contributed by atoms with Crippen molar-refractivity contribution in [2.45, 2.75) is 33.1 Å². The smallest absolute Gasteiger partial charge is 0.309 e. The van der Waals surface area contributed by atoms with Crippen LogP contribution in [0.2, 0.25) is 0 Å². The van der Waals surface area contributed by atoms with Crippen molar-refractivity contribution in [1.82, 2.24) is 14.4 Å². The number of fused-ring (bicyclic) bond motifs is 1. The molecule has 17 heavy (non-hydrogen) atoms. The van der Waals surface area contributed by atoms with Gasteiger partial charge in [0.2, 0.25) is 0 Å². The SMILES string of the molecule is Cc1nc2c(C(C)C)cncn2c1CC(=O)O. The van der Waals surface area contributed by atoms with Gasteiger partial charge < -0.3 is 5.11 Å². The van der Waals surface area contributed by atoms with E-state index in [2.05, 4.69) is 23.8 Å². The van der Waals surface area contributed by atoms with Crippen molar-refractivity contribution in [2.24, 2.45) is 0 Å². The van der Waals surface area contributed by atoms with Crippen LogP contribution >= 0.6 is 0 Å². The highest BCUT2D eigenvalue weighted by Gasteiger charge is 2.15. The summed E-state index contributed by atoms with van der Waals surface area (Å²) in [7, 11) is 0. The van der Waals surface area contributed by atoms with Crippen LogP contribution in [0.5, 0.6) is 0 Å². The Kier molecular flexibility index (Phi) is 2.83. The molecule has 5 nitrogen and oxygen atoms in total. The number of hydrogen-bond donors (Lipinski definition) is 1. The second-order valence-electron chi connectivity index (χ2n) is 4.41. The first-order valence-electron chi connectivity index (χ1n) is 5.54. The van der Waals surface area contributed by atoms with Gasteiger partial charge in [0.15, 0.2) is 0 Å². The molecule has 0 unspecified atom stereocenters. The van der Waals surface area contributed by atoms with Crippen LogP contribution in [0, 0.1) is 6.92 Å². The van der Waals surface area contributed by atoms with Crippen LogP contribution in [0.1, 0.15) is 36.7 Å². The lowest BCUT2D eigenvalue weighted by Crippen LogP contribution is -2.05. The molecule has 2 rings (SSSR count). The van der Waals surface area contributed by atoms with E-state index in [9.17, 15) is 4.79 Å². The van der Waals surface area contributed by atoms with Crippen molar-refractivity contribution in [3.63, 3.8) is 0 Å². The van der Waals surface area contributed by atoms with E-state index < -0.39 is 5.97 Å². The van der Waals surface area contributed by atoms with E-state index in [0.29, 0.717) is 11.6 Å². The van der Waals surface area contributed by atoms with Crippen molar-refractivity contribution < 1.29 is 9.90 Å². The van der Waals surface area contributed by atoms with Gasteiger partial charge in [-0.2, -0.15) is 0 Å². The average molecular weight is 233 g/mol. The van der Waals surface area contributed by atoms with Gasteiger partial charge in [0.25, 0.3) is 0 Å². The van der Waals surface area contributed by atoms with Gasteiger partial charge in [-0.25, -0.2) is 9.97 Å². The van der Waals surface area contributed by atoms with Crippen LogP contribution in [0.15, 0.2) is 12.5 Å².